The summed E-state index contributed by atoms with van der Waals surface area (Å²) in [6, 6.07) is 15.5. The van der Waals surface area contributed by atoms with E-state index >= 15 is 0 Å². The molecule has 0 aromatic heterocycles. The molecule has 1 fully saturated rings. The van der Waals surface area contributed by atoms with Crippen LogP contribution in [-0.2, 0) is 4.79 Å². The molecule has 27 heavy (non-hydrogen) atoms. The molecule has 0 unspecified atom stereocenters. The number of benzene rings is 2. The molecule has 1 aliphatic rings. The molecule has 140 valence electrons. The number of hydrogen-bond acceptors (Lipinski definition) is 5. The van der Waals surface area contributed by atoms with Crippen LogP contribution in [0, 0.1) is 6.92 Å². The van der Waals surface area contributed by atoms with Crippen LogP contribution in [0.15, 0.2) is 53.4 Å². The zero-order valence-corrected chi connectivity index (χ0v) is 16.5. The highest BCUT2D eigenvalue weighted by molar-refractivity contribution is 8.18. The molecule has 1 aliphatic heterocycles. The Morgan fingerprint density at radius 3 is 2.44 bits per heavy atom. The van der Waals surface area contributed by atoms with E-state index in [0.717, 1.165) is 34.3 Å². The van der Waals surface area contributed by atoms with Gasteiger partial charge in [-0.1, -0.05) is 30.3 Å². The molecule has 1 heterocycles. The zero-order chi connectivity index (χ0) is 19.4. The molecule has 2 aromatic carbocycles. The average Bonchev–Trinajstić information content (AvgIpc) is 2.91. The van der Waals surface area contributed by atoms with Crippen LogP contribution in [0.3, 0.4) is 0 Å². The van der Waals surface area contributed by atoms with E-state index in [2.05, 4.69) is 0 Å². The number of rotatable bonds is 6. The van der Waals surface area contributed by atoms with E-state index in [1.54, 1.807) is 6.08 Å². The van der Waals surface area contributed by atoms with Crippen molar-refractivity contribution < 1.29 is 14.3 Å². The van der Waals surface area contributed by atoms with Crippen LogP contribution in [0.1, 0.15) is 11.1 Å². The molecule has 5 nitrogen and oxygen atoms in total. The first-order valence-electron chi connectivity index (χ1n) is 8.67. The number of amides is 2. The second-order valence-electron chi connectivity index (χ2n) is 6.43. The van der Waals surface area contributed by atoms with E-state index in [1.807, 2.05) is 74.4 Å². The third kappa shape index (κ3) is 4.52. The quantitative estimate of drug-likeness (QED) is 0.702. The predicted molar refractivity (Wildman–Crippen MR) is 110 cm³/mol. The lowest BCUT2D eigenvalue weighted by Crippen LogP contribution is -2.32. The van der Waals surface area contributed by atoms with Gasteiger partial charge in [0, 0.05) is 19.8 Å². The number of ether oxygens (including phenoxy) is 1. The number of para-hydroxylation sites is 1. The molecule has 0 saturated carbocycles. The Labute approximate surface area is 163 Å². The van der Waals surface area contributed by atoms with E-state index in [9.17, 15) is 9.59 Å². The van der Waals surface area contributed by atoms with Crippen LogP contribution >= 0.6 is 11.8 Å². The molecular weight excluding hydrogens is 360 g/mol. The first-order valence-corrected chi connectivity index (χ1v) is 9.48. The van der Waals surface area contributed by atoms with Gasteiger partial charge < -0.3 is 9.64 Å². The Morgan fingerprint density at radius 1 is 1.07 bits per heavy atom. The summed E-state index contributed by atoms with van der Waals surface area (Å²) in [6.07, 6.45) is 1.76. The smallest absolute Gasteiger partial charge is 0.293 e. The van der Waals surface area contributed by atoms with E-state index in [4.69, 9.17) is 4.74 Å². The molecule has 0 atom stereocenters. The molecular formula is C21H22N2O3S. The van der Waals surface area contributed by atoms with Crippen molar-refractivity contribution in [3.8, 4) is 5.75 Å². The normalized spacial score (nSPS) is 15.5. The maximum absolute atomic E-state index is 12.6. The minimum Gasteiger partial charge on any atom is -0.491 e. The Balaban J connectivity index is 1.63. The fourth-order valence-corrected chi connectivity index (χ4v) is 3.54. The second-order valence-corrected chi connectivity index (χ2v) is 7.43. The summed E-state index contributed by atoms with van der Waals surface area (Å²) >= 11 is 0.969. The predicted octanol–water partition coefficient (Wildman–Crippen LogP) is 4.18. The van der Waals surface area contributed by atoms with Gasteiger partial charge in [-0.3, -0.25) is 14.5 Å². The highest BCUT2D eigenvalue weighted by atomic mass is 32.2. The molecule has 1 saturated heterocycles. The summed E-state index contributed by atoms with van der Waals surface area (Å²) in [4.78, 5) is 28.4. The number of hydrogen-bond donors (Lipinski definition) is 0. The SMILES string of the molecule is Cc1ccccc1OCCN1C(=O)S/C(=C\c2ccc(N(C)C)cc2)C1=O. The highest BCUT2D eigenvalue weighted by Crippen LogP contribution is 2.32. The Hall–Kier alpha value is -2.73. The number of carbonyl (C=O) groups is 2. The molecule has 0 N–H and O–H groups in total. The standard InChI is InChI=1S/C21H22N2O3S/c1-15-6-4-5-7-18(15)26-13-12-23-20(24)19(27-21(23)25)14-16-8-10-17(11-9-16)22(2)3/h4-11,14H,12-13H2,1-3H3/b19-14-. The van der Waals surface area contributed by atoms with Gasteiger partial charge >= 0.3 is 0 Å². The molecule has 0 spiro atoms. The maximum atomic E-state index is 12.6. The van der Waals surface area contributed by atoms with Crippen LogP contribution in [0.2, 0.25) is 0 Å². The summed E-state index contributed by atoms with van der Waals surface area (Å²) in [5.41, 5.74) is 2.99. The molecule has 0 radical (unpaired) electrons. The van der Waals surface area contributed by atoms with E-state index in [-0.39, 0.29) is 24.3 Å². The number of aryl methyl sites for hydroxylation is 1. The van der Waals surface area contributed by atoms with Gasteiger partial charge in [0.1, 0.15) is 12.4 Å². The Morgan fingerprint density at radius 2 is 1.78 bits per heavy atom. The number of thioether (sulfide) groups is 1. The van der Waals surface area contributed by atoms with Crippen LogP contribution < -0.4 is 9.64 Å². The van der Waals surface area contributed by atoms with Crippen molar-refractivity contribution in [1.82, 2.24) is 4.90 Å². The first-order chi connectivity index (χ1) is 13.0. The molecule has 2 aromatic rings. The number of imide groups is 1. The summed E-state index contributed by atoms with van der Waals surface area (Å²) in [5, 5.41) is -0.260. The first kappa shape index (κ1) is 19.0. The van der Waals surface area contributed by atoms with Crippen LogP contribution in [-0.4, -0.2) is 43.3 Å². The fourth-order valence-electron chi connectivity index (χ4n) is 2.68. The lowest BCUT2D eigenvalue weighted by atomic mass is 10.2. The van der Waals surface area contributed by atoms with Gasteiger partial charge in [-0.15, -0.1) is 0 Å². The number of anilines is 1. The second kappa shape index (κ2) is 8.31. The van der Waals surface area contributed by atoms with Crippen LogP contribution in [0.4, 0.5) is 10.5 Å². The Kier molecular flexibility index (Phi) is 5.86. The molecule has 0 bridgehead atoms. The zero-order valence-electron chi connectivity index (χ0n) is 15.6. The lowest BCUT2D eigenvalue weighted by molar-refractivity contribution is -0.123. The van der Waals surface area contributed by atoms with Crippen molar-refractivity contribution in [2.75, 3.05) is 32.1 Å². The van der Waals surface area contributed by atoms with Crippen molar-refractivity contribution in [2.45, 2.75) is 6.92 Å². The minimum absolute atomic E-state index is 0.232. The molecule has 2 amide bonds. The summed E-state index contributed by atoms with van der Waals surface area (Å²) in [5.74, 6) is 0.496. The number of nitrogens with zero attached hydrogens (tertiary/aromatic N) is 2. The van der Waals surface area contributed by atoms with Gasteiger partial charge in [0.25, 0.3) is 11.1 Å². The summed E-state index contributed by atoms with van der Waals surface area (Å²) in [6.45, 7) is 2.46. The largest absolute Gasteiger partial charge is 0.491 e. The van der Waals surface area contributed by atoms with Crippen molar-refractivity contribution in [2.24, 2.45) is 0 Å². The van der Waals surface area contributed by atoms with Crippen molar-refractivity contribution in [3.05, 3.63) is 64.6 Å². The monoisotopic (exact) mass is 382 g/mol. The summed E-state index contributed by atoms with van der Waals surface area (Å²) in [7, 11) is 3.94. The van der Waals surface area contributed by atoms with Crippen molar-refractivity contribution in [3.63, 3.8) is 0 Å². The molecule has 6 heteroatoms. The number of carbonyl (C=O) groups excluding carboxylic acids is 2. The van der Waals surface area contributed by atoms with E-state index in [0.29, 0.717) is 4.91 Å². The third-order valence-corrected chi connectivity index (χ3v) is 5.15. The van der Waals surface area contributed by atoms with Gasteiger partial charge in [0.05, 0.1) is 11.4 Å². The van der Waals surface area contributed by atoms with Gasteiger partial charge in [-0.25, -0.2) is 0 Å². The van der Waals surface area contributed by atoms with Gasteiger partial charge in [-0.05, 0) is 54.1 Å². The average molecular weight is 382 g/mol. The minimum atomic E-state index is -0.268. The van der Waals surface area contributed by atoms with Crippen LogP contribution in [0.25, 0.3) is 6.08 Å². The topological polar surface area (TPSA) is 49.9 Å². The fraction of sp³-hybridized carbons (Fsp3) is 0.238. The van der Waals surface area contributed by atoms with Crippen LogP contribution in [0.5, 0.6) is 5.75 Å². The third-order valence-electron chi connectivity index (χ3n) is 4.25. The van der Waals surface area contributed by atoms with Gasteiger partial charge in [0.15, 0.2) is 0 Å². The van der Waals surface area contributed by atoms with Gasteiger partial charge in [0.2, 0.25) is 0 Å². The highest BCUT2D eigenvalue weighted by Gasteiger charge is 2.34. The lowest BCUT2D eigenvalue weighted by Gasteiger charge is -2.14. The van der Waals surface area contributed by atoms with E-state index < -0.39 is 0 Å². The van der Waals surface area contributed by atoms with Crippen molar-refractivity contribution >= 4 is 34.7 Å². The molecule has 3 rings (SSSR count). The van der Waals surface area contributed by atoms with Gasteiger partial charge in [-0.2, -0.15) is 0 Å². The molecule has 0 aliphatic carbocycles. The Bertz CT molecular complexity index is 875. The van der Waals surface area contributed by atoms with Crippen molar-refractivity contribution in [1.29, 1.82) is 0 Å². The summed E-state index contributed by atoms with van der Waals surface area (Å²) < 4.78 is 5.70. The van der Waals surface area contributed by atoms with E-state index in [1.165, 1.54) is 4.90 Å². The maximum Gasteiger partial charge on any atom is 0.293 e.